The predicted octanol–water partition coefficient (Wildman–Crippen LogP) is 1.98. The molecule has 1 heterocycles. The molecule has 2 amide bonds. The molecule has 0 unspecified atom stereocenters. The van der Waals surface area contributed by atoms with Gasteiger partial charge in [0.2, 0.25) is 0 Å². The molecule has 0 aromatic heterocycles. The molecule has 2 bridgehead atoms. The second-order valence-electron chi connectivity index (χ2n) is 7.20. The number of amides is 2. The Hall–Kier alpha value is -2.83. The Morgan fingerprint density at radius 3 is 2.28 bits per heavy atom. The molecule has 1 saturated heterocycles. The Morgan fingerprint density at radius 1 is 1.08 bits per heavy atom. The van der Waals surface area contributed by atoms with Crippen molar-refractivity contribution in [2.24, 2.45) is 40.6 Å². The third-order valence-electron chi connectivity index (χ3n) is 6.09. The number of hydrogen-bond acceptors (Lipinski definition) is 5. The number of nitro benzene ring substituents is 1. The van der Waals surface area contributed by atoms with Gasteiger partial charge < -0.3 is 0 Å². The quantitative estimate of drug-likeness (QED) is 0.277. The number of hydrazone groups is 1. The molecule has 5 aliphatic rings. The maximum atomic E-state index is 12.8. The number of nitro groups is 1. The Bertz CT molecular complexity index is 841. The molecular formula is C18H15N3O4. The summed E-state index contributed by atoms with van der Waals surface area (Å²) in [6, 6.07) is 6.12. The number of benzene rings is 1. The van der Waals surface area contributed by atoms with E-state index in [0.717, 1.165) is 11.4 Å². The molecule has 0 N–H and O–H groups in total. The van der Waals surface area contributed by atoms with Gasteiger partial charge in [0.1, 0.15) is 0 Å². The first kappa shape index (κ1) is 14.5. The monoisotopic (exact) mass is 337 g/mol. The van der Waals surface area contributed by atoms with Crippen molar-refractivity contribution < 1.29 is 14.5 Å². The van der Waals surface area contributed by atoms with Gasteiger partial charge in [-0.3, -0.25) is 19.7 Å². The van der Waals surface area contributed by atoms with Crippen LogP contribution >= 0.6 is 0 Å². The van der Waals surface area contributed by atoms with Gasteiger partial charge >= 0.3 is 0 Å². The van der Waals surface area contributed by atoms with Crippen LogP contribution in [0.5, 0.6) is 0 Å². The van der Waals surface area contributed by atoms with Gasteiger partial charge in [-0.2, -0.15) is 10.1 Å². The second kappa shape index (κ2) is 4.84. The molecule has 1 aliphatic heterocycles. The van der Waals surface area contributed by atoms with Crippen LogP contribution in [0.25, 0.3) is 0 Å². The summed E-state index contributed by atoms with van der Waals surface area (Å²) in [5, 5.41) is 16.0. The summed E-state index contributed by atoms with van der Waals surface area (Å²) >= 11 is 0. The molecule has 6 rings (SSSR count). The molecule has 3 fully saturated rings. The number of para-hydroxylation sites is 1. The van der Waals surface area contributed by atoms with Crippen molar-refractivity contribution in [2.75, 3.05) is 0 Å². The van der Waals surface area contributed by atoms with Crippen molar-refractivity contribution in [2.45, 2.75) is 6.42 Å². The fourth-order valence-corrected chi connectivity index (χ4v) is 4.94. The predicted molar refractivity (Wildman–Crippen MR) is 87.2 cm³/mol. The third-order valence-corrected chi connectivity index (χ3v) is 6.09. The highest BCUT2D eigenvalue weighted by molar-refractivity contribution is 6.06. The van der Waals surface area contributed by atoms with Crippen molar-refractivity contribution >= 4 is 23.7 Å². The van der Waals surface area contributed by atoms with Crippen LogP contribution in [-0.2, 0) is 9.59 Å². The van der Waals surface area contributed by atoms with E-state index in [1.165, 1.54) is 12.3 Å². The second-order valence-corrected chi connectivity index (χ2v) is 7.20. The number of hydrogen-bond donors (Lipinski definition) is 0. The van der Waals surface area contributed by atoms with Crippen LogP contribution in [0.3, 0.4) is 0 Å². The number of nitrogens with zero attached hydrogens (tertiary/aromatic N) is 3. The van der Waals surface area contributed by atoms with E-state index >= 15 is 0 Å². The molecule has 1 aromatic carbocycles. The summed E-state index contributed by atoms with van der Waals surface area (Å²) in [5.41, 5.74) is 0.164. The minimum absolute atomic E-state index is 0.106. The van der Waals surface area contributed by atoms with Crippen molar-refractivity contribution in [3.63, 3.8) is 0 Å². The maximum absolute atomic E-state index is 12.8. The van der Waals surface area contributed by atoms with E-state index in [9.17, 15) is 19.7 Å². The number of rotatable bonds is 3. The Labute approximate surface area is 143 Å². The average Bonchev–Trinajstić information content (AvgIpc) is 3.39. The molecule has 1 aromatic rings. The lowest BCUT2D eigenvalue weighted by molar-refractivity contribution is -0.385. The Morgan fingerprint density at radius 2 is 1.68 bits per heavy atom. The highest BCUT2D eigenvalue weighted by Crippen LogP contribution is 2.65. The lowest BCUT2D eigenvalue weighted by Crippen LogP contribution is -2.40. The zero-order chi connectivity index (χ0) is 17.3. The number of imide groups is 1. The molecule has 4 aliphatic carbocycles. The Kier molecular flexibility index (Phi) is 2.81. The van der Waals surface area contributed by atoms with E-state index in [-0.39, 0.29) is 46.7 Å². The molecule has 6 atom stereocenters. The lowest BCUT2D eigenvalue weighted by Gasteiger charge is -2.37. The summed E-state index contributed by atoms with van der Waals surface area (Å²) in [4.78, 5) is 36.1. The van der Waals surface area contributed by atoms with Gasteiger partial charge in [-0.1, -0.05) is 24.3 Å². The van der Waals surface area contributed by atoms with Crippen molar-refractivity contribution in [3.05, 3.63) is 52.1 Å². The number of allylic oxidation sites excluding steroid dienone is 2. The normalized spacial score (nSPS) is 37.5. The first-order valence-corrected chi connectivity index (χ1v) is 8.41. The molecular weight excluding hydrogens is 322 g/mol. The van der Waals surface area contributed by atoms with E-state index in [1.54, 1.807) is 18.2 Å². The van der Waals surface area contributed by atoms with E-state index in [0.29, 0.717) is 11.8 Å². The zero-order valence-corrected chi connectivity index (χ0v) is 13.2. The van der Waals surface area contributed by atoms with Gasteiger partial charge in [-0.15, -0.1) is 0 Å². The van der Waals surface area contributed by atoms with E-state index < -0.39 is 4.92 Å². The first-order chi connectivity index (χ1) is 12.1. The standard InChI is InChI=1S/C18H15N3O4/c22-17-15-10-5-6-11(13-7-12(10)13)16(15)18(23)20(17)19-8-9-3-1-2-4-14(9)21(24)25/h1-6,8,10-13,15-16H,7H2/b19-8-/t10-,11-,12-,13+,15+,16-/m1/s1. The van der Waals surface area contributed by atoms with Crippen molar-refractivity contribution in [1.29, 1.82) is 0 Å². The van der Waals surface area contributed by atoms with Crippen molar-refractivity contribution in [3.8, 4) is 0 Å². The van der Waals surface area contributed by atoms with Gasteiger partial charge in [0.05, 0.1) is 28.5 Å². The summed E-state index contributed by atoms with van der Waals surface area (Å²) in [6.07, 6.45) is 6.54. The molecule has 25 heavy (non-hydrogen) atoms. The fraction of sp³-hybridized carbons (Fsp3) is 0.389. The van der Waals surface area contributed by atoms with Gasteiger partial charge in [-0.25, -0.2) is 0 Å². The van der Waals surface area contributed by atoms with Gasteiger partial charge in [0, 0.05) is 6.07 Å². The number of carbonyl (C=O) groups excluding carboxylic acids is 2. The zero-order valence-electron chi connectivity index (χ0n) is 13.2. The minimum atomic E-state index is -0.508. The van der Waals surface area contributed by atoms with Crippen LogP contribution in [-0.4, -0.2) is 28.0 Å². The maximum Gasteiger partial charge on any atom is 0.278 e. The van der Waals surface area contributed by atoms with Crippen LogP contribution in [0.2, 0.25) is 0 Å². The van der Waals surface area contributed by atoms with Crippen LogP contribution in [0.15, 0.2) is 41.5 Å². The first-order valence-electron chi connectivity index (χ1n) is 8.41. The van der Waals surface area contributed by atoms with Crippen molar-refractivity contribution in [1.82, 2.24) is 5.01 Å². The largest absolute Gasteiger partial charge is 0.278 e. The number of carbonyl (C=O) groups is 2. The summed E-state index contributed by atoms with van der Waals surface area (Å²) in [5.74, 6) is 0.192. The van der Waals surface area contributed by atoms with Crippen LogP contribution in [0.1, 0.15) is 12.0 Å². The summed E-state index contributed by atoms with van der Waals surface area (Å²) < 4.78 is 0. The van der Waals surface area contributed by atoms with E-state index in [1.807, 2.05) is 0 Å². The van der Waals surface area contributed by atoms with Crippen LogP contribution in [0.4, 0.5) is 5.69 Å². The molecule has 126 valence electrons. The third kappa shape index (κ3) is 1.89. The SMILES string of the molecule is O=C1[C@@H]2[C@@H]3C=C[C@H]([C@H]4C[C@@H]34)[C@@H]2C(=O)N1/N=C\c1ccccc1[N+](=O)[O-]. The summed E-state index contributed by atoms with van der Waals surface area (Å²) in [7, 11) is 0. The lowest BCUT2D eigenvalue weighted by atomic mass is 9.63. The van der Waals surface area contributed by atoms with E-state index in [4.69, 9.17) is 0 Å². The highest BCUT2D eigenvalue weighted by atomic mass is 16.6. The van der Waals surface area contributed by atoms with E-state index in [2.05, 4.69) is 17.3 Å². The molecule has 0 spiro atoms. The molecule has 0 radical (unpaired) electrons. The topological polar surface area (TPSA) is 92.9 Å². The fourth-order valence-electron chi connectivity index (χ4n) is 4.94. The summed E-state index contributed by atoms with van der Waals surface area (Å²) in [6.45, 7) is 0. The smallest absolute Gasteiger partial charge is 0.272 e. The van der Waals surface area contributed by atoms with Gasteiger partial charge in [-0.05, 0) is 36.2 Å². The highest BCUT2D eigenvalue weighted by Gasteiger charge is 2.67. The average molecular weight is 337 g/mol. The van der Waals surface area contributed by atoms with Gasteiger partial charge in [0.15, 0.2) is 0 Å². The minimum Gasteiger partial charge on any atom is -0.272 e. The van der Waals surface area contributed by atoms with Crippen LogP contribution in [0, 0.1) is 45.6 Å². The van der Waals surface area contributed by atoms with Gasteiger partial charge in [0.25, 0.3) is 17.5 Å². The van der Waals surface area contributed by atoms with Crippen LogP contribution < -0.4 is 0 Å². The Balaban J connectivity index is 1.46. The molecule has 2 saturated carbocycles. The molecule has 7 nitrogen and oxygen atoms in total. The molecule has 7 heteroatoms.